The summed E-state index contributed by atoms with van der Waals surface area (Å²) >= 11 is 1.36. The predicted octanol–water partition coefficient (Wildman–Crippen LogP) is 4.47. The third-order valence-corrected chi connectivity index (χ3v) is 5.07. The lowest BCUT2D eigenvalue weighted by atomic mass is 9.96. The van der Waals surface area contributed by atoms with Crippen LogP contribution in [0.1, 0.15) is 35.2 Å². The number of fused-ring (bicyclic) bond motifs is 1. The molecule has 0 saturated carbocycles. The van der Waals surface area contributed by atoms with Gasteiger partial charge >= 0.3 is 0 Å². The van der Waals surface area contributed by atoms with Gasteiger partial charge in [0.15, 0.2) is 10.9 Å². The third-order valence-electron chi connectivity index (χ3n) is 4.40. The highest BCUT2D eigenvalue weighted by atomic mass is 32.1. The molecule has 2 aromatic heterocycles. The molecule has 0 aliphatic carbocycles. The fourth-order valence-corrected chi connectivity index (χ4v) is 3.69. The number of nitrogen functional groups attached to an aromatic ring is 1. The predicted molar refractivity (Wildman–Crippen MR) is 105 cm³/mol. The van der Waals surface area contributed by atoms with E-state index >= 15 is 0 Å². The quantitative estimate of drug-likeness (QED) is 0.726. The van der Waals surface area contributed by atoms with E-state index in [4.69, 9.17) is 10.7 Å². The highest BCUT2D eigenvalue weighted by Gasteiger charge is 2.24. The number of aryl methyl sites for hydroxylation is 1. The first-order chi connectivity index (χ1) is 12.7. The van der Waals surface area contributed by atoms with Crippen molar-refractivity contribution in [2.75, 3.05) is 5.73 Å². The fourth-order valence-electron chi connectivity index (χ4n) is 3.14. The molecule has 3 aromatic rings. The Kier molecular flexibility index (Phi) is 4.58. The number of carbonyl (C=O) groups excluding carboxylic acids is 1. The number of pyridine rings is 1. The first kappa shape index (κ1) is 16.6. The highest BCUT2D eigenvalue weighted by Crippen LogP contribution is 2.36. The van der Waals surface area contributed by atoms with E-state index in [-0.39, 0.29) is 5.78 Å². The third kappa shape index (κ3) is 3.41. The Hall–Kier alpha value is -2.86. The lowest BCUT2D eigenvalue weighted by Gasteiger charge is -2.16. The Morgan fingerprint density at radius 1 is 1.12 bits per heavy atom. The van der Waals surface area contributed by atoms with Gasteiger partial charge in [-0.2, -0.15) is 0 Å². The summed E-state index contributed by atoms with van der Waals surface area (Å²) in [7, 11) is 0. The number of hydrogen-bond acceptors (Lipinski definition) is 6. The zero-order valence-electron chi connectivity index (χ0n) is 14.2. The molecule has 6 heteroatoms. The van der Waals surface area contributed by atoms with E-state index in [0.29, 0.717) is 34.2 Å². The molecule has 3 heterocycles. The number of benzene rings is 1. The van der Waals surface area contributed by atoms with Crippen LogP contribution < -0.4 is 5.73 Å². The van der Waals surface area contributed by atoms with Gasteiger partial charge in [0.2, 0.25) is 0 Å². The lowest BCUT2D eigenvalue weighted by molar-refractivity contribution is 0.0999. The molecule has 0 atom stereocenters. The molecule has 1 aliphatic heterocycles. The van der Waals surface area contributed by atoms with Crippen LogP contribution in [0.25, 0.3) is 11.4 Å². The maximum Gasteiger partial charge on any atom is 0.180 e. The Morgan fingerprint density at radius 2 is 1.96 bits per heavy atom. The molecule has 1 aliphatic rings. The minimum atomic E-state index is 0.0940. The van der Waals surface area contributed by atoms with E-state index in [1.807, 2.05) is 23.6 Å². The van der Waals surface area contributed by atoms with Crippen LogP contribution >= 0.6 is 11.3 Å². The molecule has 1 aromatic carbocycles. The van der Waals surface area contributed by atoms with Crippen LogP contribution in [0.15, 0.2) is 53.0 Å². The largest absolute Gasteiger partial charge is 0.375 e. The molecule has 2 N–H and O–H groups in total. The van der Waals surface area contributed by atoms with Crippen molar-refractivity contribution in [1.82, 2.24) is 9.97 Å². The first-order valence-corrected chi connectivity index (χ1v) is 9.42. The van der Waals surface area contributed by atoms with Crippen molar-refractivity contribution >= 4 is 33.7 Å². The summed E-state index contributed by atoms with van der Waals surface area (Å²) in [6.07, 6.45) is 4.75. The second kappa shape index (κ2) is 7.17. The summed E-state index contributed by atoms with van der Waals surface area (Å²) in [5.41, 5.74) is 10.5. The Bertz CT molecular complexity index is 978. The topological polar surface area (TPSA) is 81.2 Å². The molecule has 26 heavy (non-hydrogen) atoms. The number of aliphatic imine (C=N–C) groups is 1. The average Bonchev–Trinajstić information content (AvgIpc) is 3.08. The van der Waals surface area contributed by atoms with Crippen molar-refractivity contribution < 1.29 is 4.79 Å². The van der Waals surface area contributed by atoms with Crippen molar-refractivity contribution in [2.24, 2.45) is 4.99 Å². The van der Waals surface area contributed by atoms with E-state index in [1.165, 1.54) is 16.9 Å². The van der Waals surface area contributed by atoms with Crippen LogP contribution in [0.4, 0.5) is 10.8 Å². The second-order valence-electron chi connectivity index (χ2n) is 6.24. The van der Waals surface area contributed by atoms with Crippen molar-refractivity contribution in [3.8, 4) is 11.4 Å². The van der Waals surface area contributed by atoms with Crippen LogP contribution in [-0.4, -0.2) is 21.5 Å². The van der Waals surface area contributed by atoms with Gasteiger partial charge in [-0.25, -0.2) is 4.98 Å². The summed E-state index contributed by atoms with van der Waals surface area (Å²) in [5, 5.41) is 2.33. The number of rotatable bonds is 5. The van der Waals surface area contributed by atoms with E-state index in [9.17, 15) is 4.79 Å². The van der Waals surface area contributed by atoms with Gasteiger partial charge in [-0.3, -0.25) is 14.8 Å². The number of anilines is 1. The van der Waals surface area contributed by atoms with Crippen LogP contribution in [-0.2, 0) is 6.42 Å². The number of carbonyl (C=O) groups is 1. The van der Waals surface area contributed by atoms with Gasteiger partial charge in [0.25, 0.3) is 0 Å². The number of aromatic nitrogens is 2. The number of nitrogens with two attached hydrogens (primary N) is 1. The maximum atomic E-state index is 12.6. The first-order valence-electron chi connectivity index (χ1n) is 8.54. The number of nitrogens with zero attached hydrogens (tertiary/aromatic N) is 3. The highest BCUT2D eigenvalue weighted by molar-refractivity contribution is 7.13. The van der Waals surface area contributed by atoms with Gasteiger partial charge in [-0.1, -0.05) is 30.3 Å². The zero-order chi connectivity index (χ0) is 17.9. The molecular formula is C20H18N4OS. The van der Waals surface area contributed by atoms with Crippen LogP contribution in [0.2, 0.25) is 0 Å². The van der Waals surface area contributed by atoms with Gasteiger partial charge in [0, 0.05) is 29.3 Å². The molecule has 4 rings (SSSR count). The summed E-state index contributed by atoms with van der Waals surface area (Å²) < 4.78 is 0. The molecule has 130 valence electrons. The van der Waals surface area contributed by atoms with E-state index in [1.54, 1.807) is 12.3 Å². The minimum Gasteiger partial charge on any atom is -0.375 e. The van der Waals surface area contributed by atoms with Crippen LogP contribution in [0.3, 0.4) is 0 Å². The summed E-state index contributed by atoms with van der Waals surface area (Å²) in [6, 6.07) is 12.1. The standard InChI is InChI=1S/C20H18N4OS/c21-20-24-16(12-26-20)19-18-15(9-10-22-19)17(25)11-14(23-18)8-4-7-13-5-2-1-3-6-13/h1-3,5-6,9-10,12H,4,7-8,11H2,(H2,21,24). The fraction of sp³-hybridized carbons (Fsp3) is 0.200. The van der Waals surface area contributed by atoms with Crippen molar-refractivity contribution in [3.63, 3.8) is 0 Å². The number of ketones is 1. The van der Waals surface area contributed by atoms with Crippen LogP contribution in [0.5, 0.6) is 0 Å². The molecular weight excluding hydrogens is 344 g/mol. The van der Waals surface area contributed by atoms with Gasteiger partial charge < -0.3 is 5.73 Å². The monoisotopic (exact) mass is 362 g/mol. The summed E-state index contributed by atoms with van der Waals surface area (Å²) in [6.45, 7) is 0. The minimum absolute atomic E-state index is 0.0940. The molecule has 0 amide bonds. The summed E-state index contributed by atoms with van der Waals surface area (Å²) in [4.78, 5) is 26.0. The number of thiazole rings is 1. The van der Waals surface area contributed by atoms with E-state index in [0.717, 1.165) is 25.0 Å². The Labute approximate surface area is 155 Å². The number of Topliss-reactive ketones (excluding diaryl/α,β-unsaturated/α-hetero) is 1. The van der Waals surface area contributed by atoms with Gasteiger partial charge in [0.05, 0.1) is 0 Å². The smallest absolute Gasteiger partial charge is 0.180 e. The van der Waals surface area contributed by atoms with Gasteiger partial charge in [0.1, 0.15) is 17.1 Å². The van der Waals surface area contributed by atoms with E-state index in [2.05, 4.69) is 22.1 Å². The SMILES string of the molecule is Nc1nc(-c2nccc3c2N=C(CCCc2ccccc2)CC3=O)cs1. The van der Waals surface area contributed by atoms with Crippen molar-refractivity contribution in [3.05, 3.63) is 59.1 Å². The van der Waals surface area contributed by atoms with Gasteiger partial charge in [-0.05, 0) is 30.9 Å². The molecule has 5 nitrogen and oxygen atoms in total. The molecule has 0 spiro atoms. The average molecular weight is 362 g/mol. The van der Waals surface area contributed by atoms with E-state index < -0.39 is 0 Å². The second-order valence-corrected chi connectivity index (χ2v) is 7.13. The summed E-state index contributed by atoms with van der Waals surface area (Å²) in [5.74, 6) is 0.0940. The van der Waals surface area contributed by atoms with Gasteiger partial charge in [-0.15, -0.1) is 11.3 Å². The molecule has 0 radical (unpaired) electrons. The maximum absolute atomic E-state index is 12.6. The zero-order valence-corrected chi connectivity index (χ0v) is 15.0. The normalized spacial score (nSPS) is 13.4. The lowest BCUT2D eigenvalue weighted by Crippen LogP contribution is -2.14. The van der Waals surface area contributed by atoms with Crippen molar-refractivity contribution in [2.45, 2.75) is 25.7 Å². The molecule has 0 saturated heterocycles. The molecule has 0 bridgehead atoms. The number of hydrogen-bond donors (Lipinski definition) is 1. The molecule has 0 fully saturated rings. The van der Waals surface area contributed by atoms with Crippen LogP contribution in [0, 0.1) is 0 Å². The molecule has 0 unspecified atom stereocenters. The Balaban J connectivity index is 1.58. The Morgan fingerprint density at radius 3 is 2.73 bits per heavy atom. The van der Waals surface area contributed by atoms with Crippen molar-refractivity contribution in [1.29, 1.82) is 0 Å².